The van der Waals surface area contributed by atoms with Crippen LogP contribution in [0.1, 0.15) is 11.1 Å². The van der Waals surface area contributed by atoms with Crippen molar-refractivity contribution < 1.29 is 9.47 Å². The van der Waals surface area contributed by atoms with Gasteiger partial charge in [-0.15, -0.1) is 0 Å². The van der Waals surface area contributed by atoms with Crippen LogP contribution >= 0.6 is 0 Å². The Hall–Kier alpha value is -3.54. The van der Waals surface area contributed by atoms with E-state index in [2.05, 4.69) is 9.97 Å². The Morgan fingerprint density at radius 3 is 1.46 bits per heavy atom. The standard InChI is InChI=1S/C20H18N2O4/c1-25-17-9-5-3-7-13(17)11-15-19(23)22-16(20(24)21-15)12-14-8-4-6-10-18(14)26-2/h3-12H,1-2H3,(H,21,24)(H,22,23). The zero-order valence-electron chi connectivity index (χ0n) is 14.4. The van der Waals surface area contributed by atoms with Crippen molar-refractivity contribution in [3.63, 3.8) is 0 Å². The molecule has 2 aromatic carbocycles. The largest absolute Gasteiger partial charge is 0.496 e. The van der Waals surface area contributed by atoms with Crippen molar-refractivity contribution >= 4 is 12.2 Å². The maximum absolute atomic E-state index is 12.4. The average molecular weight is 350 g/mol. The van der Waals surface area contributed by atoms with Gasteiger partial charge < -0.3 is 19.4 Å². The number of ether oxygens (including phenoxy) is 2. The van der Waals surface area contributed by atoms with Crippen LogP contribution in [0.3, 0.4) is 0 Å². The molecule has 0 aliphatic carbocycles. The first-order valence-electron chi connectivity index (χ1n) is 7.94. The highest BCUT2D eigenvalue weighted by molar-refractivity contribution is 5.57. The maximum Gasteiger partial charge on any atom is 0.272 e. The van der Waals surface area contributed by atoms with Gasteiger partial charge in [0.1, 0.15) is 22.2 Å². The van der Waals surface area contributed by atoms with E-state index in [-0.39, 0.29) is 10.7 Å². The van der Waals surface area contributed by atoms with Crippen molar-refractivity contribution in [3.8, 4) is 11.5 Å². The number of methoxy groups -OCH3 is 2. The van der Waals surface area contributed by atoms with Crippen molar-refractivity contribution in [2.24, 2.45) is 0 Å². The minimum absolute atomic E-state index is 0.150. The summed E-state index contributed by atoms with van der Waals surface area (Å²) in [5.74, 6) is 1.22. The molecule has 2 N–H and O–H groups in total. The number of hydrogen-bond donors (Lipinski definition) is 2. The van der Waals surface area contributed by atoms with Crippen molar-refractivity contribution in [1.82, 2.24) is 9.97 Å². The van der Waals surface area contributed by atoms with Crippen molar-refractivity contribution in [3.05, 3.63) is 91.1 Å². The van der Waals surface area contributed by atoms with Gasteiger partial charge in [-0.1, -0.05) is 36.4 Å². The minimum Gasteiger partial charge on any atom is -0.496 e. The predicted molar refractivity (Wildman–Crippen MR) is 100 cm³/mol. The molecule has 0 amide bonds. The van der Waals surface area contributed by atoms with Gasteiger partial charge >= 0.3 is 0 Å². The van der Waals surface area contributed by atoms with E-state index in [1.807, 2.05) is 24.3 Å². The van der Waals surface area contributed by atoms with Crippen LogP contribution in [0.5, 0.6) is 11.5 Å². The molecule has 0 saturated carbocycles. The highest BCUT2D eigenvalue weighted by atomic mass is 16.5. The molecule has 6 heteroatoms. The monoisotopic (exact) mass is 350 g/mol. The molecular formula is C20H18N2O4. The SMILES string of the molecule is COc1ccccc1C=c1[nH]c(=O)c(=Cc2ccccc2OC)[nH]c1=O. The molecule has 6 nitrogen and oxygen atoms in total. The summed E-state index contributed by atoms with van der Waals surface area (Å²) in [5, 5.41) is 0.299. The van der Waals surface area contributed by atoms with E-state index in [1.165, 1.54) is 0 Å². The van der Waals surface area contributed by atoms with E-state index >= 15 is 0 Å². The van der Waals surface area contributed by atoms with E-state index in [1.54, 1.807) is 50.6 Å². The molecule has 132 valence electrons. The minimum atomic E-state index is -0.406. The number of hydrogen-bond acceptors (Lipinski definition) is 4. The summed E-state index contributed by atoms with van der Waals surface area (Å²) in [5.41, 5.74) is 0.573. The first kappa shape index (κ1) is 17.3. The molecule has 3 rings (SSSR count). The lowest BCUT2D eigenvalue weighted by Crippen LogP contribution is -2.46. The molecule has 1 aromatic heterocycles. The first-order chi connectivity index (χ1) is 12.6. The van der Waals surface area contributed by atoms with Gasteiger partial charge in [0.25, 0.3) is 11.1 Å². The summed E-state index contributed by atoms with van der Waals surface area (Å²) in [4.78, 5) is 30.0. The highest BCUT2D eigenvalue weighted by Crippen LogP contribution is 2.17. The zero-order chi connectivity index (χ0) is 18.5. The quantitative estimate of drug-likeness (QED) is 0.727. The van der Waals surface area contributed by atoms with E-state index < -0.39 is 11.1 Å². The molecule has 0 fully saturated rings. The number of aromatic nitrogens is 2. The molecule has 0 unspecified atom stereocenters. The Morgan fingerprint density at radius 2 is 1.08 bits per heavy atom. The highest BCUT2D eigenvalue weighted by Gasteiger charge is 2.02. The summed E-state index contributed by atoms with van der Waals surface area (Å²) in [6.45, 7) is 0. The molecule has 0 aliphatic rings. The van der Waals surface area contributed by atoms with Crippen LogP contribution in [-0.4, -0.2) is 24.2 Å². The smallest absolute Gasteiger partial charge is 0.272 e. The van der Waals surface area contributed by atoms with Crippen LogP contribution in [-0.2, 0) is 0 Å². The summed E-state index contributed by atoms with van der Waals surface area (Å²) >= 11 is 0. The van der Waals surface area contributed by atoms with E-state index in [0.29, 0.717) is 22.6 Å². The lowest BCUT2D eigenvalue weighted by atomic mass is 10.2. The van der Waals surface area contributed by atoms with Gasteiger partial charge in [-0.05, 0) is 24.3 Å². The number of nitrogens with one attached hydrogen (secondary N) is 2. The fraction of sp³-hybridized carbons (Fsp3) is 0.100. The molecule has 0 saturated heterocycles. The maximum atomic E-state index is 12.4. The molecule has 3 aromatic rings. The van der Waals surface area contributed by atoms with E-state index in [0.717, 1.165) is 0 Å². The normalized spacial score (nSPS) is 12.2. The second-order valence-electron chi connectivity index (χ2n) is 5.51. The second kappa shape index (κ2) is 7.57. The number of rotatable bonds is 4. The summed E-state index contributed by atoms with van der Waals surface area (Å²) in [7, 11) is 3.09. The van der Waals surface area contributed by atoms with Crippen LogP contribution in [0.2, 0.25) is 0 Å². The van der Waals surface area contributed by atoms with Gasteiger partial charge in [0, 0.05) is 11.1 Å². The third-order valence-electron chi connectivity index (χ3n) is 3.86. The third kappa shape index (κ3) is 3.59. The number of H-pyrrole nitrogens is 2. The van der Waals surface area contributed by atoms with Gasteiger partial charge in [0.15, 0.2) is 0 Å². The Bertz CT molecular complexity index is 1070. The van der Waals surface area contributed by atoms with Crippen LogP contribution < -0.4 is 31.3 Å². The molecule has 1 heterocycles. The van der Waals surface area contributed by atoms with E-state index in [9.17, 15) is 9.59 Å². The van der Waals surface area contributed by atoms with Gasteiger partial charge in [0.2, 0.25) is 0 Å². The van der Waals surface area contributed by atoms with Crippen LogP contribution in [0.25, 0.3) is 12.2 Å². The molecule has 0 spiro atoms. The van der Waals surface area contributed by atoms with Crippen LogP contribution in [0.15, 0.2) is 58.1 Å². The van der Waals surface area contributed by atoms with E-state index in [4.69, 9.17) is 9.47 Å². The summed E-state index contributed by atoms with van der Waals surface area (Å²) in [6, 6.07) is 14.5. The topological polar surface area (TPSA) is 84.2 Å². The van der Waals surface area contributed by atoms with Gasteiger partial charge in [0.05, 0.1) is 14.2 Å². The van der Waals surface area contributed by atoms with Crippen molar-refractivity contribution in [2.75, 3.05) is 14.2 Å². The molecular weight excluding hydrogens is 332 g/mol. The molecule has 0 bridgehead atoms. The fourth-order valence-electron chi connectivity index (χ4n) is 2.58. The Balaban J connectivity index is 2.16. The van der Waals surface area contributed by atoms with Crippen molar-refractivity contribution in [1.29, 1.82) is 0 Å². The Kier molecular flexibility index (Phi) is 5.03. The van der Waals surface area contributed by atoms with Gasteiger partial charge in [-0.25, -0.2) is 0 Å². The second-order valence-corrected chi connectivity index (χ2v) is 5.51. The number of benzene rings is 2. The van der Waals surface area contributed by atoms with Crippen LogP contribution in [0.4, 0.5) is 0 Å². The summed E-state index contributed by atoms with van der Waals surface area (Å²) < 4.78 is 10.5. The lowest BCUT2D eigenvalue weighted by Gasteiger charge is -2.03. The Labute approximate surface area is 149 Å². The Morgan fingerprint density at radius 1 is 0.692 bits per heavy atom. The fourth-order valence-corrected chi connectivity index (χ4v) is 2.58. The first-order valence-corrected chi connectivity index (χ1v) is 7.94. The molecule has 0 radical (unpaired) electrons. The van der Waals surface area contributed by atoms with Crippen LogP contribution in [0, 0.1) is 0 Å². The molecule has 26 heavy (non-hydrogen) atoms. The predicted octanol–water partition coefficient (Wildman–Crippen LogP) is 0.738. The molecule has 0 aliphatic heterocycles. The summed E-state index contributed by atoms with van der Waals surface area (Å²) in [6.07, 6.45) is 3.15. The number of para-hydroxylation sites is 2. The van der Waals surface area contributed by atoms with Gasteiger partial charge in [-0.3, -0.25) is 9.59 Å². The third-order valence-corrected chi connectivity index (χ3v) is 3.86. The lowest BCUT2D eigenvalue weighted by molar-refractivity contribution is 0.413. The average Bonchev–Trinajstić information content (AvgIpc) is 2.66. The molecule has 0 atom stereocenters. The van der Waals surface area contributed by atoms with Gasteiger partial charge in [-0.2, -0.15) is 0 Å². The number of aromatic amines is 2. The zero-order valence-corrected chi connectivity index (χ0v) is 14.4. The van der Waals surface area contributed by atoms with Crippen molar-refractivity contribution in [2.45, 2.75) is 0 Å².